The van der Waals surface area contributed by atoms with Crippen molar-refractivity contribution in [2.45, 2.75) is 25.3 Å². The summed E-state index contributed by atoms with van der Waals surface area (Å²) in [5.74, 6) is 0. The molecule has 1 heterocycles. The molecule has 1 aromatic heterocycles. The van der Waals surface area contributed by atoms with Crippen LogP contribution in [0, 0.1) is 10.1 Å². The first-order valence-electron chi connectivity index (χ1n) is 6.79. The van der Waals surface area contributed by atoms with Gasteiger partial charge in [-0.15, -0.1) is 0 Å². The van der Waals surface area contributed by atoms with Crippen molar-refractivity contribution < 1.29 is 4.92 Å². The van der Waals surface area contributed by atoms with E-state index in [1.165, 1.54) is 17.7 Å². The fraction of sp³-hybridized carbons (Fsp3) is 0.267. The van der Waals surface area contributed by atoms with Crippen molar-refractivity contribution in [2.24, 2.45) is 0 Å². The monoisotopic (exact) mass is 303 g/mol. The molecule has 0 amide bonds. The Morgan fingerprint density at radius 3 is 3.05 bits per heavy atom. The number of pyridine rings is 1. The summed E-state index contributed by atoms with van der Waals surface area (Å²) in [7, 11) is 0. The van der Waals surface area contributed by atoms with Crippen molar-refractivity contribution >= 4 is 23.0 Å². The van der Waals surface area contributed by atoms with E-state index in [9.17, 15) is 10.1 Å². The minimum atomic E-state index is -0.402. The minimum Gasteiger partial charge on any atom is -0.371 e. The first-order chi connectivity index (χ1) is 10.1. The quantitative estimate of drug-likeness (QED) is 0.683. The molecule has 3 rings (SSSR count). The summed E-state index contributed by atoms with van der Waals surface area (Å²) in [5, 5.41) is 14.8. The third-order valence-corrected chi connectivity index (χ3v) is 3.92. The van der Waals surface area contributed by atoms with E-state index in [-0.39, 0.29) is 11.7 Å². The Morgan fingerprint density at radius 2 is 2.24 bits per heavy atom. The topological polar surface area (TPSA) is 68.1 Å². The number of nitro benzene ring substituents is 1. The van der Waals surface area contributed by atoms with E-state index in [1.807, 2.05) is 6.07 Å². The molecule has 1 N–H and O–H groups in total. The lowest BCUT2D eigenvalue weighted by Gasteiger charge is -2.25. The molecule has 0 bridgehead atoms. The molecule has 0 saturated carbocycles. The van der Waals surface area contributed by atoms with Gasteiger partial charge in [-0.05, 0) is 43.0 Å². The lowest BCUT2D eigenvalue weighted by atomic mass is 9.91. The average Bonchev–Trinajstić information content (AvgIpc) is 2.47. The molecular weight excluding hydrogens is 290 g/mol. The van der Waals surface area contributed by atoms with Gasteiger partial charge in [-0.2, -0.15) is 0 Å². The zero-order valence-corrected chi connectivity index (χ0v) is 12.0. The van der Waals surface area contributed by atoms with Crippen LogP contribution >= 0.6 is 11.6 Å². The summed E-state index contributed by atoms with van der Waals surface area (Å²) in [6, 6.07) is 8.50. The van der Waals surface area contributed by atoms with Crippen LogP contribution < -0.4 is 5.32 Å². The van der Waals surface area contributed by atoms with E-state index in [0.717, 1.165) is 25.0 Å². The van der Waals surface area contributed by atoms with Gasteiger partial charge < -0.3 is 5.32 Å². The van der Waals surface area contributed by atoms with Crippen LogP contribution in [0.25, 0.3) is 0 Å². The molecule has 2 aromatic rings. The summed E-state index contributed by atoms with van der Waals surface area (Å²) in [4.78, 5) is 15.2. The first-order valence-corrected chi connectivity index (χ1v) is 7.17. The van der Waals surface area contributed by atoms with Gasteiger partial charge in [-0.25, -0.2) is 0 Å². The standard InChI is InChI=1S/C15H14ClN3O2/c16-11-6-7-14(19(20)21)13(9-11)18-12-5-1-3-10-4-2-8-17-15(10)12/h2,4,6-9,12,18H,1,3,5H2. The van der Waals surface area contributed by atoms with Crippen LogP contribution in [0.15, 0.2) is 36.5 Å². The van der Waals surface area contributed by atoms with Crippen LogP contribution in [0.1, 0.15) is 30.1 Å². The van der Waals surface area contributed by atoms with Gasteiger partial charge in [0.05, 0.1) is 16.7 Å². The highest BCUT2D eigenvalue weighted by Gasteiger charge is 2.24. The molecule has 1 aliphatic rings. The number of anilines is 1. The molecule has 5 nitrogen and oxygen atoms in total. The van der Waals surface area contributed by atoms with E-state index >= 15 is 0 Å². The molecule has 1 unspecified atom stereocenters. The molecule has 0 radical (unpaired) electrons. The molecule has 108 valence electrons. The maximum absolute atomic E-state index is 11.1. The zero-order chi connectivity index (χ0) is 14.8. The molecule has 21 heavy (non-hydrogen) atoms. The number of hydrogen-bond donors (Lipinski definition) is 1. The van der Waals surface area contributed by atoms with Crippen molar-refractivity contribution in [3.63, 3.8) is 0 Å². The Hall–Kier alpha value is -2.14. The summed E-state index contributed by atoms with van der Waals surface area (Å²) in [6.07, 6.45) is 4.68. The van der Waals surface area contributed by atoms with Gasteiger partial charge in [-0.1, -0.05) is 17.7 Å². The lowest BCUT2D eigenvalue weighted by molar-refractivity contribution is -0.384. The molecule has 0 aliphatic heterocycles. The number of benzene rings is 1. The smallest absolute Gasteiger partial charge is 0.292 e. The number of nitrogens with one attached hydrogen (secondary N) is 1. The second-order valence-corrected chi connectivity index (χ2v) is 5.49. The normalized spacial score (nSPS) is 17.1. The number of nitro groups is 1. The maximum atomic E-state index is 11.1. The van der Waals surface area contributed by atoms with Gasteiger partial charge in [-0.3, -0.25) is 15.1 Å². The van der Waals surface area contributed by atoms with Crippen molar-refractivity contribution in [2.75, 3.05) is 5.32 Å². The number of halogens is 1. The summed E-state index contributed by atoms with van der Waals surface area (Å²) < 4.78 is 0. The van der Waals surface area contributed by atoms with E-state index in [2.05, 4.69) is 16.4 Å². The zero-order valence-electron chi connectivity index (χ0n) is 11.3. The van der Waals surface area contributed by atoms with Gasteiger partial charge in [0.25, 0.3) is 5.69 Å². The summed E-state index contributed by atoms with van der Waals surface area (Å²) >= 11 is 5.96. The SMILES string of the molecule is O=[N+]([O-])c1ccc(Cl)cc1NC1CCCc2cccnc21. The highest BCUT2D eigenvalue weighted by Crippen LogP contribution is 2.35. The Kier molecular flexibility index (Phi) is 3.75. The van der Waals surface area contributed by atoms with Gasteiger partial charge in [0, 0.05) is 17.3 Å². The molecular formula is C15H14ClN3O2. The molecule has 1 atom stereocenters. The Morgan fingerprint density at radius 1 is 1.38 bits per heavy atom. The van der Waals surface area contributed by atoms with Crippen LogP contribution in [0.4, 0.5) is 11.4 Å². The van der Waals surface area contributed by atoms with Gasteiger partial charge in [0.15, 0.2) is 0 Å². The lowest BCUT2D eigenvalue weighted by Crippen LogP contribution is -2.19. The molecule has 0 spiro atoms. The van der Waals surface area contributed by atoms with Gasteiger partial charge in [0.1, 0.15) is 5.69 Å². The van der Waals surface area contributed by atoms with Crippen molar-refractivity contribution in [3.8, 4) is 0 Å². The summed E-state index contributed by atoms with van der Waals surface area (Å²) in [5.41, 5.74) is 2.64. The highest BCUT2D eigenvalue weighted by molar-refractivity contribution is 6.31. The van der Waals surface area contributed by atoms with E-state index in [4.69, 9.17) is 11.6 Å². The predicted molar refractivity (Wildman–Crippen MR) is 81.6 cm³/mol. The van der Waals surface area contributed by atoms with Crippen molar-refractivity contribution in [1.29, 1.82) is 0 Å². The number of aryl methyl sites for hydroxylation is 1. The third kappa shape index (κ3) is 2.83. The largest absolute Gasteiger partial charge is 0.371 e. The molecule has 6 heteroatoms. The van der Waals surface area contributed by atoms with Crippen molar-refractivity contribution in [3.05, 3.63) is 62.9 Å². The fourth-order valence-corrected chi connectivity index (χ4v) is 2.89. The van der Waals surface area contributed by atoms with Crippen LogP contribution in [0.3, 0.4) is 0 Å². The van der Waals surface area contributed by atoms with Crippen molar-refractivity contribution in [1.82, 2.24) is 4.98 Å². The second-order valence-electron chi connectivity index (χ2n) is 5.06. The van der Waals surface area contributed by atoms with Gasteiger partial charge >= 0.3 is 0 Å². The van der Waals surface area contributed by atoms with E-state index in [0.29, 0.717) is 10.7 Å². The van der Waals surface area contributed by atoms with E-state index in [1.54, 1.807) is 12.3 Å². The van der Waals surface area contributed by atoms with Gasteiger partial charge in [0.2, 0.25) is 0 Å². The average molecular weight is 304 g/mol. The predicted octanol–water partition coefficient (Wildman–Crippen LogP) is 4.13. The Labute approximate surface area is 127 Å². The molecule has 0 fully saturated rings. The number of rotatable bonds is 3. The van der Waals surface area contributed by atoms with Crippen LogP contribution in [0.5, 0.6) is 0 Å². The second kappa shape index (κ2) is 5.69. The first kappa shape index (κ1) is 13.8. The third-order valence-electron chi connectivity index (χ3n) is 3.68. The number of fused-ring (bicyclic) bond motifs is 1. The molecule has 1 aromatic carbocycles. The summed E-state index contributed by atoms with van der Waals surface area (Å²) in [6.45, 7) is 0. The van der Waals surface area contributed by atoms with Crippen LogP contribution in [-0.4, -0.2) is 9.91 Å². The number of nitrogens with zero attached hydrogens (tertiary/aromatic N) is 2. The molecule has 0 saturated heterocycles. The van der Waals surface area contributed by atoms with Crippen LogP contribution in [-0.2, 0) is 6.42 Å². The molecule has 1 aliphatic carbocycles. The Bertz CT molecular complexity index is 690. The maximum Gasteiger partial charge on any atom is 0.292 e. The Balaban J connectivity index is 1.95. The van der Waals surface area contributed by atoms with Crippen LogP contribution in [0.2, 0.25) is 5.02 Å². The number of hydrogen-bond acceptors (Lipinski definition) is 4. The number of aromatic nitrogens is 1. The van der Waals surface area contributed by atoms with E-state index < -0.39 is 4.92 Å². The highest BCUT2D eigenvalue weighted by atomic mass is 35.5. The fourth-order valence-electron chi connectivity index (χ4n) is 2.72. The minimum absolute atomic E-state index is 0.0212.